The number of pyridine rings is 1. The van der Waals surface area contributed by atoms with E-state index in [9.17, 15) is 13.2 Å². The van der Waals surface area contributed by atoms with Crippen LogP contribution in [0.1, 0.15) is 35.0 Å². The number of aryl methyl sites for hydroxylation is 1. The zero-order valence-electron chi connectivity index (χ0n) is 16.1. The first kappa shape index (κ1) is 18.7. The van der Waals surface area contributed by atoms with E-state index in [2.05, 4.69) is 9.88 Å². The fraction of sp³-hybridized carbons (Fsp3) is 0.318. The molecular weight excluding hydrogens is 363 g/mol. The lowest BCUT2D eigenvalue weighted by Gasteiger charge is -2.23. The molecule has 0 radical (unpaired) electrons. The summed E-state index contributed by atoms with van der Waals surface area (Å²) >= 11 is 0. The Hall–Kier alpha value is -2.60. The van der Waals surface area contributed by atoms with E-state index in [1.165, 1.54) is 12.1 Å². The van der Waals surface area contributed by atoms with Crippen LogP contribution in [-0.4, -0.2) is 28.0 Å². The van der Waals surface area contributed by atoms with Crippen molar-refractivity contribution in [1.29, 1.82) is 0 Å². The van der Waals surface area contributed by atoms with Crippen LogP contribution in [0.25, 0.3) is 22.7 Å². The maximum Gasteiger partial charge on any atom is 0.416 e. The van der Waals surface area contributed by atoms with Gasteiger partial charge in [-0.15, -0.1) is 0 Å². The summed E-state index contributed by atoms with van der Waals surface area (Å²) in [5.41, 5.74) is 5.04. The maximum absolute atomic E-state index is 13.3. The van der Waals surface area contributed by atoms with E-state index in [0.29, 0.717) is 5.52 Å². The van der Waals surface area contributed by atoms with Crippen molar-refractivity contribution >= 4 is 22.7 Å². The molecule has 3 heterocycles. The highest BCUT2D eigenvalue weighted by Gasteiger charge is 2.32. The van der Waals surface area contributed by atoms with Gasteiger partial charge in [0, 0.05) is 48.7 Å². The number of hydrogen-bond donors (Lipinski definition) is 0. The van der Waals surface area contributed by atoms with Gasteiger partial charge in [-0.1, -0.05) is 12.1 Å². The van der Waals surface area contributed by atoms with Gasteiger partial charge < -0.3 is 9.47 Å². The zero-order chi connectivity index (χ0) is 20.1. The Morgan fingerprint density at radius 2 is 1.96 bits per heavy atom. The van der Waals surface area contributed by atoms with Crippen LogP contribution in [0.15, 0.2) is 36.5 Å². The second kappa shape index (κ2) is 6.78. The third kappa shape index (κ3) is 3.33. The monoisotopic (exact) mass is 385 g/mol. The van der Waals surface area contributed by atoms with Crippen molar-refractivity contribution in [2.75, 3.05) is 13.6 Å². The van der Waals surface area contributed by atoms with Crippen molar-refractivity contribution in [1.82, 2.24) is 14.5 Å². The molecule has 0 amide bonds. The van der Waals surface area contributed by atoms with Crippen LogP contribution in [0.5, 0.6) is 0 Å². The van der Waals surface area contributed by atoms with Gasteiger partial charge in [0.1, 0.15) is 0 Å². The summed E-state index contributed by atoms with van der Waals surface area (Å²) in [4.78, 5) is 6.53. The first-order valence-electron chi connectivity index (χ1n) is 9.27. The molecule has 1 aromatic carbocycles. The summed E-state index contributed by atoms with van der Waals surface area (Å²) < 4.78 is 41.9. The van der Waals surface area contributed by atoms with Crippen molar-refractivity contribution in [3.05, 3.63) is 64.6 Å². The topological polar surface area (TPSA) is 21.1 Å². The molecule has 2 aromatic heterocycles. The molecule has 3 aromatic rings. The van der Waals surface area contributed by atoms with E-state index in [1.807, 2.05) is 43.8 Å². The number of fused-ring (bicyclic) bond motifs is 3. The number of hydrogen-bond acceptors (Lipinski definition) is 2. The molecule has 3 nitrogen and oxygen atoms in total. The van der Waals surface area contributed by atoms with E-state index in [1.54, 1.807) is 12.3 Å². The van der Waals surface area contributed by atoms with Crippen LogP contribution >= 0.6 is 0 Å². The van der Waals surface area contributed by atoms with Gasteiger partial charge in [0.05, 0.1) is 11.1 Å². The zero-order valence-corrected chi connectivity index (χ0v) is 16.1. The van der Waals surface area contributed by atoms with Gasteiger partial charge in [0.2, 0.25) is 0 Å². The standard InChI is InChI=1S/C22H22F3N3/c1-14(16-5-4-15(2)26-11-16)12-28-20-8-9-27(3)13-19(20)18-7-6-17(10-21(18)28)22(23,24)25/h4-7,10-12H,8-9,13H2,1-3H3/b14-12+. The third-order valence-corrected chi connectivity index (χ3v) is 5.40. The minimum Gasteiger partial charge on any atom is -0.320 e. The fourth-order valence-electron chi connectivity index (χ4n) is 3.82. The number of nitrogens with zero attached hydrogens (tertiary/aromatic N) is 3. The molecule has 1 aliphatic heterocycles. The average molecular weight is 385 g/mol. The predicted molar refractivity (Wildman–Crippen MR) is 106 cm³/mol. The van der Waals surface area contributed by atoms with Gasteiger partial charge in [-0.2, -0.15) is 13.2 Å². The Labute approximate surface area is 162 Å². The van der Waals surface area contributed by atoms with Gasteiger partial charge >= 0.3 is 6.18 Å². The second-order valence-electron chi connectivity index (χ2n) is 7.51. The quantitative estimate of drug-likeness (QED) is 0.591. The third-order valence-electron chi connectivity index (χ3n) is 5.40. The highest BCUT2D eigenvalue weighted by molar-refractivity contribution is 5.90. The van der Waals surface area contributed by atoms with Crippen LogP contribution in [0.3, 0.4) is 0 Å². The summed E-state index contributed by atoms with van der Waals surface area (Å²) in [6, 6.07) is 7.99. The fourth-order valence-corrected chi connectivity index (χ4v) is 3.82. The summed E-state index contributed by atoms with van der Waals surface area (Å²) in [5, 5.41) is 0.889. The van der Waals surface area contributed by atoms with Gasteiger partial charge in [0.15, 0.2) is 0 Å². The number of alkyl halides is 3. The number of aromatic nitrogens is 2. The van der Waals surface area contributed by atoms with Crippen LogP contribution in [0.2, 0.25) is 0 Å². The van der Waals surface area contributed by atoms with E-state index < -0.39 is 11.7 Å². The van der Waals surface area contributed by atoms with E-state index in [0.717, 1.165) is 53.0 Å². The highest BCUT2D eigenvalue weighted by atomic mass is 19.4. The molecule has 0 unspecified atom stereocenters. The van der Waals surface area contributed by atoms with E-state index in [4.69, 9.17) is 0 Å². The van der Waals surface area contributed by atoms with Crippen LogP contribution in [-0.2, 0) is 19.1 Å². The van der Waals surface area contributed by atoms with Crippen molar-refractivity contribution in [3.63, 3.8) is 0 Å². The number of likely N-dealkylation sites (N-methyl/N-ethyl adjacent to an activating group) is 1. The number of benzene rings is 1. The van der Waals surface area contributed by atoms with Gasteiger partial charge in [-0.25, -0.2) is 0 Å². The number of allylic oxidation sites excluding steroid dienone is 1. The molecule has 1 aliphatic rings. The molecule has 0 saturated heterocycles. The number of rotatable bonds is 2. The number of halogens is 3. The lowest BCUT2D eigenvalue weighted by atomic mass is 10.0. The lowest BCUT2D eigenvalue weighted by molar-refractivity contribution is -0.137. The lowest BCUT2D eigenvalue weighted by Crippen LogP contribution is -2.26. The molecule has 0 spiro atoms. The predicted octanol–water partition coefficient (Wildman–Crippen LogP) is 5.37. The SMILES string of the molecule is C/C(=C\n1c2c(c3ccc(C(F)(F)F)cc31)CN(C)CC2)c1ccc(C)nc1. The molecule has 0 fully saturated rings. The second-order valence-corrected chi connectivity index (χ2v) is 7.51. The average Bonchev–Trinajstić information content (AvgIpc) is 2.94. The molecule has 28 heavy (non-hydrogen) atoms. The molecular formula is C22H22F3N3. The molecule has 146 valence electrons. The Bertz CT molecular complexity index is 1060. The molecule has 0 aliphatic carbocycles. The molecule has 6 heteroatoms. The molecule has 0 bridgehead atoms. The van der Waals surface area contributed by atoms with Crippen LogP contribution < -0.4 is 0 Å². The van der Waals surface area contributed by atoms with E-state index in [-0.39, 0.29) is 0 Å². The molecule has 0 N–H and O–H groups in total. The van der Waals surface area contributed by atoms with E-state index >= 15 is 0 Å². The highest BCUT2D eigenvalue weighted by Crippen LogP contribution is 2.36. The van der Waals surface area contributed by atoms with Crippen LogP contribution in [0, 0.1) is 6.92 Å². The molecule has 0 saturated carbocycles. The Morgan fingerprint density at radius 1 is 1.18 bits per heavy atom. The summed E-state index contributed by atoms with van der Waals surface area (Å²) in [6.07, 6.45) is 0.186. The molecule has 4 rings (SSSR count). The minimum atomic E-state index is -4.36. The minimum absolute atomic E-state index is 0.606. The first-order valence-corrected chi connectivity index (χ1v) is 9.27. The van der Waals surface area contributed by atoms with Gasteiger partial charge in [-0.3, -0.25) is 4.98 Å². The van der Waals surface area contributed by atoms with Crippen LogP contribution in [0.4, 0.5) is 13.2 Å². The largest absolute Gasteiger partial charge is 0.416 e. The van der Waals surface area contributed by atoms with Crippen molar-refractivity contribution < 1.29 is 13.2 Å². The molecule has 0 atom stereocenters. The first-order chi connectivity index (χ1) is 13.2. The van der Waals surface area contributed by atoms with Crippen molar-refractivity contribution in [3.8, 4) is 0 Å². The smallest absolute Gasteiger partial charge is 0.320 e. The van der Waals surface area contributed by atoms with Gasteiger partial charge in [0.25, 0.3) is 0 Å². The maximum atomic E-state index is 13.3. The normalized spacial score (nSPS) is 15.9. The Balaban J connectivity index is 1.92. The Kier molecular flexibility index (Phi) is 4.54. The van der Waals surface area contributed by atoms with Crippen molar-refractivity contribution in [2.24, 2.45) is 0 Å². The summed E-state index contributed by atoms with van der Waals surface area (Å²) in [6.45, 7) is 5.51. The Morgan fingerprint density at radius 3 is 2.64 bits per heavy atom. The summed E-state index contributed by atoms with van der Waals surface area (Å²) in [7, 11) is 2.04. The van der Waals surface area contributed by atoms with Gasteiger partial charge in [-0.05, 0) is 55.8 Å². The summed E-state index contributed by atoms with van der Waals surface area (Å²) in [5.74, 6) is 0. The van der Waals surface area contributed by atoms with Crippen molar-refractivity contribution in [2.45, 2.75) is 33.0 Å².